The molecule has 5 aromatic heterocycles. The van der Waals surface area contributed by atoms with Crippen molar-refractivity contribution in [2.45, 2.75) is 0 Å². The summed E-state index contributed by atoms with van der Waals surface area (Å²) in [5.74, 6) is 0. The number of para-hydroxylation sites is 5. The first-order valence-corrected chi connectivity index (χ1v) is 15.2. The molecule has 208 valence electrons. The fraction of sp³-hybridized carbons (Fsp3) is 0. The van der Waals surface area contributed by atoms with Gasteiger partial charge in [0.25, 0.3) is 0 Å². The molecule has 0 radical (unpaired) electrons. The van der Waals surface area contributed by atoms with Crippen LogP contribution in [0.15, 0.2) is 138 Å². The molecule has 0 saturated heterocycles. The predicted octanol–water partition coefficient (Wildman–Crippen LogP) is 10.3. The maximum absolute atomic E-state index is 6.42. The number of rotatable bonds is 1. The first-order valence-electron chi connectivity index (χ1n) is 15.2. The normalized spacial score (nSPS) is 12.4. The molecule has 11 aromatic rings. The highest BCUT2D eigenvalue weighted by Crippen LogP contribution is 2.41. The van der Waals surface area contributed by atoms with Gasteiger partial charge in [0.2, 0.25) is 0 Å². The van der Waals surface area contributed by atoms with Crippen LogP contribution in [0.1, 0.15) is 0 Å². The van der Waals surface area contributed by atoms with Gasteiger partial charge in [0.05, 0.1) is 27.6 Å². The van der Waals surface area contributed by atoms with E-state index in [2.05, 4.69) is 124 Å². The standard InChI is InChI=1S/C40H22N4O/c1-6-14-34-24(9-1)30-21-23(17-18-28(30)40-42-32-12-4-7-15-35(32)44(34)40)43-33-13-5-2-10-25(33)31-22-41-37-29(38(31)43)20-19-27-26-11-3-8-16-36(26)45-39(27)37/h1-22H. The number of pyridine rings is 2. The molecule has 0 N–H and O–H groups in total. The van der Waals surface area contributed by atoms with Crippen LogP contribution in [0.25, 0.3) is 98.7 Å². The van der Waals surface area contributed by atoms with Crippen molar-refractivity contribution >= 4 is 93.0 Å². The third-order valence-electron chi connectivity index (χ3n) is 9.51. The van der Waals surface area contributed by atoms with Crippen molar-refractivity contribution in [2.24, 2.45) is 0 Å². The maximum atomic E-state index is 6.42. The lowest BCUT2D eigenvalue weighted by Gasteiger charge is -2.13. The Labute approximate surface area is 255 Å². The summed E-state index contributed by atoms with van der Waals surface area (Å²) in [5.41, 5.74) is 10.2. The molecular formula is C40H22N4O. The number of furan rings is 1. The van der Waals surface area contributed by atoms with E-state index in [0.29, 0.717) is 0 Å². The number of fused-ring (bicyclic) bond motifs is 17. The van der Waals surface area contributed by atoms with Gasteiger partial charge < -0.3 is 8.98 Å². The largest absolute Gasteiger partial charge is 0.454 e. The molecular weight excluding hydrogens is 552 g/mol. The fourth-order valence-electron chi connectivity index (χ4n) is 7.59. The molecule has 5 nitrogen and oxygen atoms in total. The lowest BCUT2D eigenvalue weighted by atomic mass is 10.0. The van der Waals surface area contributed by atoms with Crippen LogP contribution >= 0.6 is 0 Å². The molecule has 0 spiro atoms. The topological polar surface area (TPSA) is 48.3 Å². The van der Waals surface area contributed by atoms with Crippen LogP contribution in [0, 0.1) is 0 Å². The average Bonchev–Trinajstić information content (AvgIpc) is 3.78. The van der Waals surface area contributed by atoms with Crippen LogP contribution < -0.4 is 0 Å². The number of hydrogen-bond donors (Lipinski definition) is 0. The van der Waals surface area contributed by atoms with E-state index in [1.807, 2.05) is 18.3 Å². The minimum atomic E-state index is 0.825. The number of hydrogen-bond acceptors (Lipinski definition) is 3. The Morgan fingerprint density at radius 3 is 2.09 bits per heavy atom. The minimum absolute atomic E-state index is 0.825. The van der Waals surface area contributed by atoms with Crippen molar-refractivity contribution < 1.29 is 4.42 Å². The van der Waals surface area contributed by atoms with Crippen molar-refractivity contribution in [2.75, 3.05) is 0 Å². The Balaban J connectivity index is 1.29. The van der Waals surface area contributed by atoms with E-state index in [4.69, 9.17) is 14.4 Å². The highest BCUT2D eigenvalue weighted by atomic mass is 16.3. The molecule has 0 unspecified atom stereocenters. The minimum Gasteiger partial charge on any atom is -0.454 e. The van der Waals surface area contributed by atoms with Crippen LogP contribution in [-0.4, -0.2) is 18.9 Å². The Morgan fingerprint density at radius 2 is 1.20 bits per heavy atom. The van der Waals surface area contributed by atoms with Gasteiger partial charge in [0, 0.05) is 49.6 Å². The molecule has 0 saturated carbocycles. The number of aromatic nitrogens is 4. The lowest BCUT2D eigenvalue weighted by Crippen LogP contribution is -1.97. The average molecular weight is 575 g/mol. The second-order valence-corrected chi connectivity index (χ2v) is 11.8. The van der Waals surface area contributed by atoms with Gasteiger partial charge in [-0.05, 0) is 66.0 Å². The molecule has 5 heterocycles. The molecule has 45 heavy (non-hydrogen) atoms. The molecule has 0 fully saturated rings. The highest BCUT2D eigenvalue weighted by molar-refractivity contribution is 6.23. The second kappa shape index (κ2) is 8.24. The number of benzene rings is 6. The van der Waals surface area contributed by atoms with Gasteiger partial charge in [0.1, 0.15) is 16.7 Å². The van der Waals surface area contributed by atoms with E-state index in [1.54, 1.807) is 0 Å². The first kappa shape index (κ1) is 23.3. The Kier molecular flexibility index (Phi) is 4.26. The van der Waals surface area contributed by atoms with Gasteiger partial charge in [0.15, 0.2) is 5.58 Å². The van der Waals surface area contributed by atoms with E-state index in [1.165, 1.54) is 16.2 Å². The molecule has 0 amide bonds. The monoisotopic (exact) mass is 574 g/mol. The second-order valence-electron chi connectivity index (χ2n) is 11.8. The summed E-state index contributed by atoms with van der Waals surface area (Å²) in [6.07, 6.45) is 2.01. The summed E-state index contributed by atoms with van der Waals surface area (Å²) in [6, 6.07) is 45.0. The van der Waals surface area contributed by atoms with Crippen molar-refractivity contribution in [1.29, 1.82) is 0 Å². The van der Waals surface area contributed by atoms with E-state index in [0.717, 1.165) is 82.5 Å². The van der Waals surface area contributed by atoms with E-state index in [9.17, 15) is 0 Å². The van der Waals surface area contributed by atoms with Crippen LogP contribution in [0.3, 0.4) is 0 Å². The summed E-state index contributed by atoms with van der Waals surface area (Å²) in [5, 5.41) is 9.05. The lowest BCUT2D eigenvalue weighted by molar-refractivity contribution is 0.671. The number of imidazole rings is 1. The zero-order valence-corrected chi connectivity index (χ0v) is 23.9. The van der Waals surface area contributed by atoms with E-state index < -0.39 is 0 Å². The third kappa shape index (κ3) is 2.92. The van der Waals surface area contributed by atoms with Gasteiger partial charge in [-0.1, -0.05) is 66.7 Å². The third-order valence-corrected chi connectivity index (χ3v) is 9.51. The van der Waals surface area contributed by atoms with Gasteiger partial charge in [-0.2, -0.15) is 0 Å². The maximum Gasteiger partial charge on any atom is 0.161 e. The van der Waals surface area contributed by atoms with Crippen LogP contribution in [0.5, 0.6) is 0 Å². The molecule has 0 atom stereocenters. The van der Waals surface area contributed by atoms with Crippen LogP contribution in [0.4, 0.5) is 0 Å². The molecule has 11 rings (SSSR count). The smallest absolute Gasteiger partial charge is 0.161 e. The molecule has 0 aliphatic carbocycles. The quantitative estimate of drug-likeness (QED) is 0.183. The molecule has 0 aliphatic heterocycles. The predicted molar refractivity (Wildman–Crippen MR) is 185 cm³/mol. The number of nitrogens with zero attached hydrogens (tertiary/aromatic N) is 4. The fourth-order valence-corrected chi connectivity index (χ4v) is 7.59. The first-order chi connectivity index (χ1) is 22.3. The summed E-state index contributed by atoms with van der Waals surface area (Å²) in [4.78, 5) is 10.1. The Bertz CT molecular complexity index is 3050. The SMILES string of the molecule is c1ccc2c(c1)nc1c3ccc(-n4c5ccccc5c5cnc6c(ccc7c8ccccc8oc76)c54)cc3c3ccccc3n21. The van der Waals surface area contributed by atoms with Crippen molar-refractivity contribution in [3.05, 3.63) is 134 Å². The highest BCUT2D eigenvalue weighted by Gasteiger charge is 2.20. The summed E-state index contributed by atoms with van der Waals surface area (Å²) in [6.45, 7) is 0. The van der Waals surface area contributed by atoms with Crippen LogP contribution in [-0.2, 0) is 0 Å². The zero-order valence-electron chi connectivity index (χ0n) is 23.9. The van der Waals surface area contributed by atoms with Gasteiger partial charge in [-0.3, -0.25) is 9.38 Å². The molecule has 0 aliphatic rings. The molecule has 6 aromatic carbocycles. The summed E-state index contributed by atoms with van der Waals surface area (Å²) < 4.78 is 11.1. The molecule has 5 heteroatoms. The van der Waals surface area contributed by atoms with Crippen molar-refractivity contribution in [1.82, 2.24) is 18.9 Å². The molecule has 0 bridgehead atoms. The van der Waals surface area contributed by atoms with Crippen molar-refractivity contribution in [3.8, 4) is 5.69 Å². The summed E-state index contributed by atoms with van der Waals surface area (Å²) >= 11 is 0. The van der Waals surface area contributed by atoms with Gasteiger partial charge >= 0.3 is 0 Å². The Hall–Kier alpha value is -6.20. The Morgan fingerprint density at radius 1 is 0.511 bits per heavy atom. The van der Waals surface area contributed by atoms with E-state index in [-0.39, 0.29) is 0 Å². The van der Waals surface area contributed by atoms with Crippen LogP contribution in [0.2, 0.25) is 0 Å². The van der Waals surface area contributed by atoms with Gasteiger partial charge in [-0.15, -0.1) is 0 Å². The van der Waals surface area contributed by atoms with Crippen molar-refractivity contribution in [3.63, 3.8) is 0 Å². The van der Waals surface area contributed by atoms with E-state index >= 15 is 0 Å². The summed E-state index contributed by atoms with van der Waals surface area (Å²) in [7, 11) is 0. The zero-order chi connectivity index (χ0) is 29.2. The van der Waals surface area contributed by atoms with Gasteiger partial charge in [-0.25, -0.2) is 4.98 Å².